The highest BCUT2D eigenvalue weighted by molar-refractivity contribution is 6.17. The van der Waals surface area contributed by atoms with Gasteiger partial charge in [-0.05, 0) is 5.56 Å². The van der Waals surface area contributed by atoms with Gasteiger partial charge in [-0.25, -0.2) is 13.8 Å². The van der Waals surface area contributed by atoms with Crippen LogP contribution in [0.2, 0.25) is 0 Å². The predicted molar refractivity (Wildman–Crippen MR) is 50.8 cm³/mol. The molecule has 1 heterocycles. The van der Waals surface area contributed by atoms with Crippen LogP contribution in [0.1, 0.15) is 27.9 Å². The molecule has 18 heavy (non-hydrogen) atoms. The minimum atomic E-state index is -5.18. The lowest BCUT2D eigenvalue weighted by Crippen LogP contribution is -2.20. The highest BCUT2D eigenvalue weighted by atomic mass is 35.5. The smallest absolute Gasteiger partial charge is 0.387 e. The van der Waals surface area contributed by atoms with Crippen LogP contribution < -0.4 is 4.74 Å². The van der Waals surface area contributed by atoms with E-state index in [1.807, 2.05) is 0 Å². The Morgan fingerprint density at radius 3 is 2.44 bits per heavy atom. The Kier molecular flexibility index (Phi) is 4.44. The lowest BCUT2D eigenvalue weighted by Gasteiger charge is -2.14. The van der Waals surface area contributed by atoms with Crippen molar-refractivity contribution in [2.24, 2.45) is 0 Å². The molecule has 0 aliphatic rings. The van der Waals surface area contributed by atoms with Crippen LogP contribution >= 0.6 is 11.6 Å². The summed E-state index contributed by atoms with van der Waals surface area (Å²) in [7, 11) is 0. The average molecular weight is 290 g/mol. The molecule has 0 saturated heterocycles. The summed E-state index contributed by atoms with van der Waals surface area (Å²) in [5.74, 6) is -1.69. The van der Waals surface area contributed by atoms with Gasteiger partial charge in [0.25, 0.3) is 6.43 Å². The summed E-state index contributed by atoms with van der Waals surface area (Å²) >= 11 is 5.37. The Labute approximate surface area is 103 Å². The van der Waals surface area contributed by atoms with E-state index in [2.05, 4.69) is 9.72 Å². The van der Waals surface area contributed by atoms with Crippen molar-refractivity contribution in [2.45, 2.75) is 18.7 Å². The second-order valence-corrected chi connectivity index (χ2v) is 3.28. The van der Waals surface area contributed by atoms with Crippen LogP contribution in [0, 0.1) is 0 Å². The van der Waals surface area contributed by atoms with Crippen LogP contribution in [0.25, 0.3) is 0 Å². The number of aromatic nitrogens is 1. The molecule has 0 unspecified atom stereocenters. The zero-order valence-electron chi connectivity index (χ0n) is 8.47. The van der Waals surface area contributed by atoms with Gasteiger partial charge in [-0.3, -0.25) is 4.79 Å². The minimum absolute atomic E-state index is 0.00980. The average Bonchev–Trinajstić information content (AvgIpc) is 2.25. The standard InChI is InChI=1S/C9H5ClF5NO2/c10-1-4-2-16-8(18-9(13,14)15)6(7(11)12)5(4)3-17/h2-3,7H,1H2. The molecule has 1 aromatic rings. The molecule has 0 aliphatic carbocycles. The third-order valence-electron chi connectivity index (χ3n) is 1.90. The molecule has 0 N–H and O–H groups in total. The molecule has 0 spiro atoms. The molecule has 3 nitrogen and oxygen atoms in total. The molecule has 0 radical (unpaired) electrons. The van der Waals surface area contributed by atoms with Gasteiger partial charge in [0.15, 0.2) is 6.29 Å². The van der Waals surface area contributed by atoms with Crippen LogP contribution in [-0.4, -0.2) is 17.6 Å². The summed E-state index contributed by atoms with van der Waals surface area (Å²) in [5, 5.41) is 0. The molecule has 0 fully saturated rings. The van der Waals surface area contributed by atoms with Crippen molar-refractivity contribution in [2.75, 3.05) is 0 Å². The zero-order valence-corrected chi connectivity index (χ0v) is 9.23. The third-order valence-corrected chi connectivity index (χ3v) is 2.18. The molecule has 0 atom stereocenters. The quantitative estimate of drug-likeness (QED) is 0.484. The van der Waals surface area contributed by atoms with Gasteiger partial charge in [0.2, 0.25) is 5.88 Å². The number of hydrogen-bond acceptors (Lipinski definition) is 3. The molecule has 0 aliphatic heterocycles. The molecule has 1 aromatic heterocycles. The first-order valence-corrected chi connectivity index (χ1v) is 4.90. The molecule has 0 bridgehead atoms. The lowest BCUT2D eigenvalue weighted by molar-refractivity contribution is -0.276. The highest BCUT2D eigenvalue weighted by Crippen LogP contribution is 2.34. The minimum Gasteiger partial charge on any atom is -0.387 e. The Hall–Kier alpha value is -1.44. The summed E-state index contributed by atoms with van der Waals surface area (Å²) < 4.78 is 64.6. The number of hydrogen-bond donors (Lipinski definition) is 0. The maximum absolute atomic E-state index is 12.7. The summed E-state index contributed by atoms with van der Waals surface area (Å²) in [6, 6.07) is 0. The number of pyridine rings is 1. The Morgan fingerprint density at radius 2 is 2.06 bits per heavy atom. The first-order valence-electron chi connectivity index (χ1n) is 4.37. The SMILES string of the molecule is O=Cc1c(CCl)cnc(OC(F)(F)F)c1C(F)F. The summed E-state index contributed by atoms with van der Waals surface area (Å²) in [6.07, 6.45) is -7.76. The van der Waals surface area contributed by atoms with E-state index >= 15 is 0 Å². The lowest BCUT2D eigenvalue weighted by atomic mass is 10.1. The van der Waals surface area contributed by atoms with Crippen molar-refractivity contribution in [1.29, 1.82) is 0 Å². The first-order chi connectivity index (χ1) is 8.30. The number of nitrogens with zero attached hydrogens (tertiary/aromatic N) is 1. The van der Waals surface area contributed by atoms with Crippen LogP contribution in [0.3, 0.4) is 0 Å². The van der Waals surface area contributed by atoms with Gasteiger partial charge in [0, 0.05) is 17.6 Å². The van der Waals surface area contributed by atoms with Gasteiger partial charge >= 0.3 is 6.36 Å². The van der Waals surface area contributed by atoms with E-state index in [9.17, 15) is 26.7 Å². The Balaban J connectivity index is 3.39. The number of carbonyl (C=O) groups excluding carboxylic acids is 1. The molecule has 9 heteroatoms. The topological polar surface area (TPSA) is 39.2 Å². The fraction of sp³-hybridized carbons (Fsp3) is 0.333. The molecule has 0 aromatic carbocycles. The molecule has 0 saturated carbocycles. The van der Waals surface area contributed by atoms with E-state index in [1.165, 1.54) is 0 Å². The Bertz CT molecular complexity index is 449. The number of alkyl halides is 6. The van der Waals surface area contributed by atoms with Crippen molar-refractivity contribution in [1.82, 2.24) is 4.98 Å². The normalized spacial score (nSPS) is 11.7. The number of aldehydes is 1. The van der Waals surface area contributed by atoms with Gasteiger partial charge in [-0.2, -0.15) is 0 Å². The maximum atomic E-state index is 12.7. The predicted octanol–water partition coefficient (Wildman–Crippen LogP) is 3.47. The fourth-order valence-corrected chi connectivity index (χ4v) is 1.42. The van der Waals surface area contributed by atoms with Crippen molar-refractivity contribution in [3.05, 3.63) is 22.9 Å². The van der Waals surface area contributed by atoms with Crippen LogP contribution in [0.4, 0.5) is 22.0 Å². The number of ether oxygens (including phenoxy) is 1. The van der Waals surface area contributed by atoms with E-state index in [1.54, 1.807) is 0 Å². The fourth-order valence-electron chi connectivity index (χ4n) is 1.21. The largest absolute Gasteiger partial charge is 0.574 e. The van der Waals surface area contributed by atoms with Crippen LogP contribution in [-0.2, 0) is 5.88 Å². The van der Waals surface area contributed by atoms with E-state index in [-0.39, 0.29) is 17.7 Å². The third kappa shape index (κ3) is 3.28. The summed E-state index contributed by atoms with van der Waals surface area (Å²) in [6.45, 7) is 0. The zero-order chi connectivity index (χ0) is 13.9. The highest BCUT2D eigenvalue weighted by Gasteiger charge is 2.35. The van der Waals surface area contributed by atoms with Gasteiger partial charge < -0.3 is 4.74 Å². The number of carbonyl (C=O) groups is 1. The molecule has 100 valence electrons. The second kappa shape index (κ2) is 5.47. The summed E-state index contributed by atoms with van der Waals surface area (Å²) in [5.41, 5.74) is -1.97. The van der Waals surface area contributed by atoms with Crippen molar-refractivity contribution in [3.63, 3.8) is 0 Å². The van der Waals surface area contributed by atoms with Gasteiger partial charge in [0.1, 0.15) is 0 Å². The van der Waals surface area contributed by atoms with Crippen LogP contribution in [0.5, 0.6) is 5.88 Å². The van der Waals surface area contributed by atoms with E-state index in [0.29, 0.717) is 0 Å². The van der Waals surface area contributed by atoms with Gasteiger partial charge in [0.05, 0.1) is 5.56 Å². The van der Waals surface area contributed by atoms with Crippen LogP contribution in [0.15, 0.2) is 6.20 Å². The molecular formula is C9H5ClF5NO2. The first kappa shape index (κ1) is 14.6. The Morgan fingerprint density at radius 1 is 1.44 bits per heavy atom. The van der Waals surface area contributed by atoms with Gasteiger partial charge in [-0.15, -0.1) is 24.8 Å². The van der Waals surface area contributed by atoms with Crippen molar-refractivity contribution >= 4 is 17.9 Å². The van der Waals surface area contributed by atoms with Gasteiger partial charge in [-0.1, -0.05) is 0 Å². The summed E-state index contributed by atoms with van der Waals surface area (Å²) in [4.78, 5) is 13.8. The molecule has 0 amide bonds. The molecule has 1 rings (SSSR count). The van der Waals surface area contributed by atoms with E-state index in [0.717, 1.165) is 6.20 Å². The number of halogens is 6. The van der Waals surface area contributed by atoms with Crippen molar-refractivity contribution < 1.29 is 31.5 Å². The monoisotopic (exact) mass is 289 g/mol. The van der Waals surface area contributed by atoms with Crippen molar-refractivity contribution in [3.8, 4) is 5.88 Å². The molecular weight excluding hydrogens is 285 g/mol. The number of rotatable bonds is 4. The van der Waals surface area contributed by atoms with E-state index in [4.69, 9.17) is 11.6 Å². The van der Waals surface area contributed by atoms with E-state index < -0.39 is 29.8 Å². The maximum Gasteiger partial charge on any atom is 0.574 e. The second-order valence-electron chi connectivity index (χ2n) is 3.02.